The van der Waals surface area contributed by atoms with Crippen LogP contribution in [0.5, 0.6) is 11.5 Å². The van der Waals surface area contributed by atoms with Crippen molar-refractivity contribution in [3.8, 4) is 11.5 Å². The Hall–Kier alpha value is -2.40. The molecule has 0 fully saturated rings. The Morgan fingerprint density at radius 1 is 1.17 bits per heavy atom. The van der Waals surface area contributed by atoms with Gasteiger partial charge in [0.05, 0.1) is 7.11 Å². The first-order valence-electron chi connectivity index (χ1n) is 7.16. The van der Waals surface area contributed by atoms with E-state index in [1.165, 1.54) is 0 Å². The molecule has 1 atom stereocenters. The smallest absolute Gasteiger partial charge is 0.317 e. The van der Waals surface area contributed by atoms with Gasteiger partial charge in [0.15, 0.2) is 6.23 Å². The Balaban J connectivity index is 1.78. The number of carbonyl (C=O) groups excluding carboxylic acids is 1. The summed E-state index contributed by atoms with van der Waals surface area (Å²) in [5.41, 5.74) is 0.950. The van der Waals surface area contributed by atoms with Crippen LogP contribution < -0.4 is 20.1 Å². The van der Waals surface area contributed by atoms with Crippen LogP contribution in [0.4, 0.5) is 4.79 Å². The normalized spacial score (nSPS) is 11.4. The van der Waals surface area contributed by atoms with Gasteiger partial charge in [0.2, 0.25) is 0 Å². The van der Waals surface area contributed by atoms with E-state index in [0.29, 0.717) is 17.3 Å². The van der Waals surface area contributed by atoms with E-state index in [-0.39, 0.29) is 6.03 Å². The molecule has 0 aliphatic rings. The standard InChI is InChI=1S/C17H19ClN2O3/c1-12(23-15-8-6-14(18)7-9-15)20-17(21)19-11-13-4-3-5-16(10-13)22-2/h3-10,12H,11H2,1-2H3,(H2,19,20,21). The Kier molecular flexibility index (Phi) is 6.11. The fraction of sp³-hybridized carbons (Fsp3) is 0.235. The summed E-state index contributed by atoms with van der Waals surface area (Å²) in [4.78, 5) is 11.9. The van der Waals surface area contributed by atoms with Crippen molar-refractivity contribution in [1.82, 2.24) is 10.6 Å². The highest BCUT2D eigenvalue weighted by molar-refractivity contribution is 6.30. The zero-order valence-corrected chi connectivity index (χ0v) is 13.8. The minimum Gasteiger partial charge on any atom is -0.497 e. The van der Waals surface area contributed by atoms with E-state index >= 15 is 0 Å². The van der Waals surface area contributed by atoms with Crippen molar-refractivity contribution in [3.63, 3.8) is 0 Å². The molecule has 122 valence electrons. The first-order chi connectivity index (χ1) is 11.1. The van der Waals surface area contributed by atoms with Gasteiger partial charge in [0.25, 0.3) is 0 Å². The lowest BCUT2D eigenvalue weighted by atomic mass is 10.2. The quantitative estimate of drug-likeness (QED) is 0.794. The summed E-state index contributed by atoms with van der Waals surface area (Å²) in [6.45, 7) is 2.15. The Morgan fingerprint density at radius 2 is 1.91 bits per heavy atom. The number of methoxy groups -OCH3 is 1. The van der Waals surface area contributed by atoms with Gasteiger partial charge in [-0.05, 0) is 48.9 Å². The monoisotopic (exact) mass is 334 g/mol. The molecule has 0 saturated heterocycles. The van der Waals surface area contributed by atoms with Crippen LogP contribution in [0.15, 0.2) is 48.5 Å². The third-order valence-electron chi connectivity index (χ3n) is 3.05. The van der Waals surface area contributed by atoms with E-state index < -0.39 is 6.23 Å². The zero-order valence-electron chi connectivity index (χ0n) is 13.0. The number of ether oxygens (including phenoxy) is 2. The summed E-state index contributed by atoms with van der Waals surface area (Å²) in [7, 11) is 1.61. The molecule has 0 spiro atoms. The van der Waals surface area contributed by atoms with Gasteiger partial charge < -0.3 is 20.1 Å². The van der Waals surface area contributed by atoms with E-state index in [1.54, 1.807) is 38.3 Å². The fourth-order valence-electron chi connectivity index (χ4n) is 1.95. The van der Waals surface area contributed by atoms with Crippen molar-refractivity contribution in [2.45, 2.75) is 19.7 Å². The molecule has 23 heavy (non-hydrogen) atoms. The van der Waals surface area contributed by atoms with Gasteiger partial charge in [-0.3, -0.25) is 0 Å². The maximum Gasteiger partial charge on any atom is 0.317 e. The van der Waals surface area contributed by atoms with Crippen LogP contribution in [0.25, 0.3) is 0 Å². The molecule has 2 rings (SSSR count). The van der Waals surface area contributed by atoms with Gasteiger partial charge in [-0.15, -0.1) is 0 Å². The molecule has 0 radical (unpaired) electrons. The molecular formula is C17H19ClN2O3. The number of urea groups is 1. The van der Waals surface area contributed by atoms with Crippen LogP contribution in [0, 0.1) is 0 Å². The molecule has 0 aromatic heterocycles. The summed E-state index contributed by atoms with van der Waals surface area (Å²) < 4.78 is 10.7. The van der Waals surface area contributed by atoms with Gasteiger partial charge in [0, 0.05) is 11.6 Å². The molecular weight excluding hydrogens is 316 g/mol. The number of hydrogen-bond acceptors (Lipinski definition) is 3. The third kappa shape index (κ3) is 5.71. The van der Waals surface area contributed by atoms with Gasteiger partial charge >= 0.3 is 6.03 Å². The molecule has 2 aromatic rings. The fourth-order valence-corrected chi connectivity index (χ4v) is 2.07. The zero-order chi connectivity index (χ0) is 16.7. The van der Waals surface area contributed by atoms with Gasteiger partial charge in [0.1, 0.15) is 11.5 Å². The summed E-state index contributed by atoms with van der Waals surface area (Å²) in [6.07, 6.45) is -0.471. The number of nitrogens with one attached hydrogen (secondary N) is 2. The number of benzene rings is 2. The average molecular weight is 335 g/mol. The van der Waals surface area contributed by atoms with E-state index in [2.05, 4.69) is 10.6 Å². The topological polar surface area (TPSA) is 59.6 Å². The molecule has 0 aliphatic carbocycles. The second kappa shape index (κ2) is 8.29. The highest BCUT2D eigenvalue weighted by atomic mass is 35.5. The largest absolute Gasteiger partial charge is 0.497 e. The van der Waals surface area contributed by atoms with Crippen molar-refractivity contribution in [1.29, 1.82) is 0 Å². The van der Waals surface area contributed by atoms with E-state index in [1.807, 2.05) is 24.3 Å². The van der Waals surface area contributed by atoms with E-state index in [9.17, 15) is 4.79 Å². The van der Waals surface area contributed by atoms with Crippen LogP contribution in [-0.2, 0) is 6.54 Å². The molecule has 1 unspecified atom stereocenters. The van der Waals surface area contributed by atoms with Crippen molar-refractivity contribution >= 4 is 17.6 Å². The number of rotatable bonds is 6. The van der Waals surface area contributed by atoms with Crippen molar-refractivity contribution in [2.75, 3.05) is 7.11 Å². The Bertz CT molecular complexity index is 647. The second-order valence-corrected chi connectivity index (χ2v) is 5.33. The lowest BCUT2D eigenvalue weighted by Gasteiger charge is -2.17. The molecule has 0 aliphatic heterocycles. The number of hydrogen-bond donors (Lipinski definition) is 2. The van der Waals surface area contributed by atoms with Crippen LogP contribution in [0.1, 0.15) is 12.5 Å². The first kappa shape index (κ1) is 17.0. The number of carbonyl (C=O) groups is 1. The van der Waals surface area contributed by atoms with Crippen molar-refractivity contribution < 1.29 is 14.3 Å². The maximum absolute atomic E-state index is 11.9. The molecule has 2 amide bonds. The van der Waals surface area contributed by atoms with Gasteiger partial charge in [-0.2, -0.15) is 0 Å². The highest BCUT2D eigenvalue weighted by Crippen LogP contribution is 2.16. The summed E-state index contributed by atoms with van der Waals surface area (Å²) in [5.74, 6) is 1.39. The summed E-state index contributed by atoms with van der Waals surface area (Å²) in [5, 5.41) is 6.11. The number of amides is 2. The first-order valence-corrected chi connectivity index (χ1v) is 7.54. The Morgan fingerprint density at radius 3 is 2.61 bits per heavy atom. The SMILES string of the molecule is COc1cccc(CNC(=O)NC(C)Oc2ccc(Cl)cc2)c1. The molecule has 0 heterocycles. The highest BCUT2D eigenvalue weighted by Gasteiger charge is 2.08. The predicted octanol–water partition coefficient (Wildman–Crippen LogP) is 3.57. The third-order valence-corrected chi connectivity index (χ3v) is 3.30. The van der Waals surface area contributed by atoms with E-state index in [4.69, 9.17) is 21.1 Å². The van der Waals surface area contributed by atoms with Crippen molar-refractivity contribution in [3.05, 3.63) is 59.1 Å². The predicted molar refractivity (Wildman–Crippen MR) is 89.9 cm³/mol. The molecule has 2 N–H and O–H groups in total. The average Bonchev–Trinajstić information content (AvgIpc) is 2.55. The van der Waals surface area contributed by atoms with E-state index in [0.717, 1.165) is 11.3 Å². The molecule has 2 aromatic carbocycles. The lowest BCUT2D eigenvalue weighted by molar-refractivity contribution is 0.177. The molecule has 6 heteroatoms. The number of halogens is 1. The minimum absolute atomic E-state index is 0.311. The Labute approximate surface area is 140 Å². The van der Waals surface area contributed by atoms with Crippen LogP contribution in [-0.4, -0.2) is 19.4 Å². The maximum atomic E-state index is 11.9. The van der Waals surface area contributed by atoms with Crippen LogP contribution >= 0.6 is 11.6 Å². The molecule has 5 nitrogen and oxygen atoms in total. The lowest BCUT2D eigenvalue weighted by Crippen LogP contribution is -2.43. The molecule has 0 saturated carbocycles. The second-order valence-electron chi connectivity index (χ2n) is 4.89. The summed E-state index contributed by atoms with van der Waals surface area (Å²) in [6, 6.07) is 14.1. The van der Waals surface area contributed by atoms with Crippen molar-refractivity contribution in [2.24, 2.45) is 0 Å². The summed E-state index contributed by atoms with van der Waals surface area (Å²) >= 11 is 5.81. The van der Waals surface area contributed by atoms with Gasteiger partial charge in [-0.1, -0.05) is 23.7 Å². The van der Waals surface area contributed by atoms with Crippen LogP contribution in [0.2, 0.25) is 5.02 Å². The van der Waals surface area contributed by atoms with Gasteiger partial charge in [-0.25, -0.2) is 4.79 Å². The molecule has 0 bridgehead atoms. The minimum atomic E-state index is -0.471. The van der Waals surface area contributed by atoms with Crippen LogP contribution in [0.3, 0.4) is 0 Å².